The molecule has 5 heteroatoms. The van der Waals surface area contributed by atoms with E-state index >= 15 is 0 Å². The fourth-order valence-electron chi connectivity index (χ4n) is 0.820. The largest absolute Gasteiger partial charge is 0.390 e. The van der Waals surface area contributed by atoms with Gasteiger partial charge in [-0.05, 0) is 34.5 Å². The van der Waals surface area contributed by atoms with Gasteiger partial charge in [-0.1, -0.05) is 0 Å². The number of rotatable bonds is 2. The molecule has 0 aliphatic heterocycles. The Bertz CT molecular complexity index is 317. The van der Waals surface area contributed by atoms with Gasteiger partial charge in [0, 0.05) is 10.7 Å². The van der Waals surface area contributed by atoms with Gasteiger partial charge in [0.1, 0.15) is 12.3 Å². The van der Waals surface area contributed by atoms with E-state index in [0.717, 1.165) is 0 Å². The molecule has 13 heavy (non-hydrogen) atoms. The average molecular weight is 252 g/mol. The average Bonchev–Trinajstić information content (AvgIpc) is 2.09. The molecular formula is C8H8BrF2NO. The Morgan fingerprint density at radius 2 is 2.23 bits per heavy atom. The molecule has 1 N–H and O–H groups in total. The zero-order valence-corrected chi connectivity index (χ0v) is 8.48. The number of nitrogens with zero attached hydrogens (tertiary/aromatic N) is 1. The molecule has 72 valence electrons. The van der Waals surface area contributed by atoms with Gasteiger partial charge in [-0.3, -0.25) is 4.98 Å². The van der Waals surface area contributed by atoms with Crippen molar-refractivity contribution >= 4 is 15.9 Å². The van der Waals surface area contributed by atoms with Crippen molar-refractivity contribution in [3.63, 3.8) is 0 Å². The highest BCUT2D eigenvalue weighted by Crippen LogP contribution is 2.27. The highest BCUT2D eigenvalue weighted by atomic mass is 79.9. The Labute approximate surface area is 82.7 Å². The zero-order chi connectivity index (χ0) is 10.1. The lowest BCUT2D eigenvalue weighted by atomic mass is 10.2. The van der Waals surface area contributed by atoms with Crippen LogP contribution < -0.4 is 0 Å². The summed E-state index contributed by atoms with van der Waals surface area (Å²) in [7, 11) is 0. The molecule has 0 amide bonds. The molecule has 0 bridgehead atoms. The van der Waals surface area contributed by atoms with Crippen molar-refractivity contribution in [3.05, 3.63) is 28.0 Å². The molecule has 2 nitrogen and oxygen atoms in total. The fraction of sp³-hybridized carbons (Fsp3) is 0.375. The summed E-state index contributed by atoms with van der Waals surface area (Å²) in [4.78, 5) is 3.52. The number of aliphatic hydroxyl groups excluding tert-OH is 1. The van der Waals surface area contributed by atoms with Crippen molar-refractivity contribution in [3.8, 4) is 0 Å². The molecule has 1 rings (SSSR count). The standard InChI is InChI=1S/C8H8BrF2NO/c1-5-2-7(8(10,11)4-13)12-3-6(5)9/h2-3,13H,4H2,1H3. The molecule has 0 unspecified atom stereocenters. The van der Waals surface area contributed by atoms with E-state index in [9.17, 15) is 8.78 Å². The van der Waals surface area contributed by atoms with E-state index in [4.69, 9.17) is 5.11 Å². The lowest BCUT2D eigenvalue weighted by molar-refractivity contribution is -0.0592. The third kappa shape index (κ3) is 2.22. The smallest absolute Gasteiger partial charge is 0.312 e. The number of halogens is 3. The molecule has 0 aliphatic rings. The minimum atomic E-state index is -3.26. The van der Waals surface area contributed by atoms with E-state index in [1.165, 1.54) is 12.3 Å². The van der Waals surface area contributed by atoms with Crippen LogP contribution in [0.4, 0.5) is 8.78 Å². The Morgan fingerprint density at radius 3 is 2.69 bits per heavy atom. The Kier molecular flexibility index (Phi) is 2.98. The van der Waals surface area contributed by atoms with Gasteiger partial charge in [0.25, 0.3) is 0 Å². The van der Waals surface area contributed by atoms with Crippen molar-refractivity contribution in [2.24, 2.45) is 0 Å². The van der Waals surface area contributed by atoms with Gasteiger partial charge in [0.05, 0.1) is 0 Å². The van der Waals surface area contributed by atoms with Crippen LogP contribution in [-0.2, 0) is 5.92 Å². The van der Waals surface area contributed by atoms with Gasteiger partial charge >= 0.3 is 5.92 Å². The molecule has 0 aromatic carbocycles. The Balaban J connectivity index is 3.10. The van der Waals surface area contributed by atoms with Gasteiger partial charge in [0.15, 0.2) is 0 Å². The predicted molar refractivity (Wildman–Crippen MR) is 47.7 cm³/mol. The monoisotopic (exact) mass is 251 g/mol. The summed E-state index contributed by atoms with van der Waals surface area (Å²) in [6, 6.07) is 1.25. The van der Waals surface area contributed by atoms with E-state index < -0.39 is 18.2 Å². The van der Waals surface area contributed by atoms with Crippen LogP contribution in [0.15, 0.2) is 16.7 Å². The van der Waals surface area contributed by atoms with Crippen LogP contribution >= 0.6 is 15.9 Å². The summed E-state index contributed by atoms with van der Waals surface area (Å²) < 4.78 is 26.4. The van der Waals surface area contributed by atoms with E-state index in [1.807, 2.05) is 0 Å². The SMILES string of the molecule is Cc1cc(C(F)(F)CO)ncc1Br. The molecule has 0 fully saturated rings. The number of aromatic nitrogens is 1. The Morgan fingerprint density at radius 1 is 1.62 bits per heavy atom. The van der Waals surface area contributed by atoms with Crippen LogP contribution in [0.2, 0.25) is 0 Å². The highest BCUT2D eigenvalue weighted by molar-refractivity contribution is 9.10. The first kappa shape index (κ1) is 10.5. The maximum atomic E-state index is 12.9. The normalized spacial score (nSPS) is 11.8. The van der Waals surface area contributed by atoms with Gasteiger partial charge in [-0.15, -0.1) is 0 Å². The van der Waals surface area contributed by atoms with Crippen LogP contribution in [0.5, 0.6) is 0 Å². The number of pyridine rings is 1. The maximum absolute atomic E-state index is 12.9. The molecule has 0 aliphatic carbocycles. The molecule has 0 radical (unpaired) electrons. The summed E-state index contributed by atoms with van der Waals surface area (Å²) >= 11 is 3.15. The van der Waals surface area contributed by atoms with Crippen molar-refractivity contribution in [1.29, 1.82) is 0 Å². The molecular weight excluding hydrogens is 244 g/mol. The highest BCUT2D eigenvalue weighted by Gasteiger charge is 2.32. The number of aryl methyl sites for hydroxylation is 1. The van der Waals surface area contributed by atoms with Gasteiger partial charge in [0.2, 0.25) is 0 Å². The first-order valence-electron chi connectivity index (χ1n) is 3.58. The lowest BCUT2D eigenvalue weighted by Gasteiger charge is -2.12. The molecule has 1 heterocycles. The number of hydrogen-bond acceptors (Lipinski definition) is 2. The molecule has 0 saturated heterocycles. The van der Waals surface area contributed by atoms with Crippen LogP contribution in [0.25, 0.3) is 0 Å². The zero-order valence-electron chi connectivity index (χ0n) is 6.89. The summed E-state index contributed by atoms with van der Waals surface area (Å²) in [6.07, 6.45) is 1.30. The minimum absolute atomic E-state index is 0.407. The topological polar surface area (TPSA) is 33.1 Å². The predicted octanol–water partition coefficient (Wildman–Crippen LogP) is 2.24. The minimum Gasteiger partial charge on any atom is -0.390 e. The van der Waals surface area contributed by atoms with Crippen molar-refractivity contribution in [2.45, 2.75) is 12.8 Å². The van der Waals surface area contributed by atoms with Crippen LogP contribution in [-0.4, -0.2) is 16.7 Å². The maximum Gasteiger partial charge on any atom is 0.312 e. The number of alkyl halides is 2. The molecule has 1 aromatic heterocycles. The van der Waals surface area contributed by atoms with E-state index in [2.05, 4.69) is 20.9 Å². The van der Waals surface area contributed by atoms with Gasteiger partial charge in [-0.2, -0.15) is 8.78 Å². The third-order valence-electron chi connectivity index (χ3n) is 1.62. The van der Waals surface area contributed by atoms with Gasteiger partial charge < -0.3 is 5.11 Å². The quantitative estimate of drug-likeness (QED) is 0.875. The van der Waals surface area contributed by atoms with Crippen molar-refractivity contribution in [1.82, 2.24) is 4.98 Å². The second-order valence-electron chi connectivity index (χ2n) is 2.68. The van der Waals surface area contributed by atoms with E-state index in [0.29, 0.717) is 10.0 Å². The van der Waals surface area contributed by atoms with Gasteiger partial charge in [-0.25, -0.2) is 0 Å². The molecule has 1 aromatic rings. The van der Waals surface area contributed by atoms with E-state index in [1.54, 1.807) is 6.92 Å². The first-order valence-corrected chi connectivity index (χ1v) is 4.38. The molecule has 0 spiro atoms. The lowest BCUT2D eigenvalue weighted by Crippen LogP contribution is -2.20. The summed E-state index contributed by atoms with van der Waals surface area (Å²) in [5.41, 5.74) is 0.258. The van der Waals surface area contributed by atoms with Crippen LogP contribution in [0.1, 0.15) is 11.3 Å². The third-order valence-corrected chi connectivity index (χ3v) is 2.45. The van der Waals surface area contributed by atoms with Crippen molar-refractivity contribution < 1.29 is 13.9 Å². The Hall–Kier alpha value is -0.550. The van der Waals surface area contributed by atoms with Crippen molar-refractivity contribution in [2.75, 3.05) is 6.61 Å². The fourth-order valence-corrected chi connectivity index (χ4v) is 1.04. The molecule has 0 atom stereocenters. The summed E-state index contributed by atoms with van der Waals surface area (Å²) in [5, 5.41) is 8.41. The number of hydrogen-bond donors (Lipinski definition) is 1. The van der Waals surface area contributed by atoms with Crippen LogP contribution in [0.3, 0.4) is 0 Å². The first-order chi connectivity index (χ1) is 5.97. The van der Waals surface area contributed by atoms with Crippen LogP contribution in [0, 0.1) is 6.92 Å². The second kappa shape index (κ2) is 3.67. The molecule has 0 saturated carbocycles. The summed E-state index contributed by atoms with van der Waals surface area (Å²) in [5.74, 6) is -3.26. The summed E-state index contributed by atoms with van der Waals surface area (Å²) in [6.45, 7) is 0.462. The van der Waals surface area contributed by atoms with E-state index in [-0.39, 0.29) is 0 Å². The number of aliphatic hydroxyl groups is 1. The second-order valence-corrected chi connectivity index (χ2v) is 3.54.